The average molecular weight is 154 g/mol. The van der Waals surface area contributed by atoms with E-state index in [0.29, 0.717) is 0 Å². The highest BCUT2D eigenvalue weighted by Gasteiger charge is 1.94. The van der Waals surface area contributed by atoms with Crippen LogP contribution in [0.25, 0.3) is 10.9 Å². The summed E-state index contributed by atoms with van der Waals surface area (Å²) >= 11 is 0. The zero-order chi connectivity index (χ0) is 8.39. The summed E-state index contributed by atoms with van der Waals surface area (Å²) in [6.45, 7) is 2.00. The van der Waals surface area contributed by atoms with Crippen molar-refractivity contribution >= 4 is 23.8 Å². The Balaban J connectivity index is 2.67. The van der Waals surface area contributed by atoms with E-state index in [1.807, 2.05) is 38.4 Å². The summed E-state index contributed by atoms with van der Waals surface area (Å²) in [7, 11) is 2.01. The van der Waals surface area contributed by atoms with Gasteiger partial charge in [0.15, 0.2) is 7.28 Å². The fraction of sp³-hybridized carbons (Fsp3) is 0.100. The predicted molar refractivity (Wildman–Crippen MR) is 53.0 cm³/mol. The van der Waals surface area contributed by atoms with Crippen molar-refractivity contribution in [1.82, 2.24) is 4.98 Å². The van der Waals surface area contributed by atoms with Crippen LogP contribution in [0.2, 0.25) is 6.82 Å². The van der Waals surface area contributed by atoms with E-state index in [2.05, 4.69) is 17.1 Å². The molecule has 1 radical (unpaired) electrons. The number of para-hydroxylation sites is 1. The molecular weight excluding hydrogens is 145 g/mol. The lowest BCUT2D eigenvalue weighted by atomic mass is 9.77. The van der Waals surface area contributed by atoms with Gasteiger partial charge in [-0.05, 0) is 11.7 Å². The molecule has 1 aromatic heterocycles. The van der Waals surface area contributed by atoms with Crippen LogP contribution in [0.1, 0.15) is 0 Å². The fourth-order valence-electron chi connectivity index (χ4n) is 1.24. The number of benzene rings is 1. The summed E-state index contributed by atoms with van der Waals surface area (Å²) < 4.78 is 0. The maximum Gasteiger partial charge on any atom is 0.174 e. The molecule has 0 spiro atoms. The molecule has 57 valence electrons. The van der Waals surface area contributed by atoms with Gasteiger partial charge in [-0.25, -0.2) is 0 Å². The molecule has 1 nitrogen and oxygen atoms in total. The van der Waals surface area contributed by atoms with Crippen LogP contribution in [0.5, 0.6) is 0 Å². The van der Waals surface area contributed by atoms with E-state index in [4.69, 9.17) is 0 Å². The van der Waals surface area contributed by atoms with Gasteiger partial charge in [-0.1, -0.05) is 37.2 Å². The van der Waals surface area contributed by atoms with E-state index in [0.717, 1.165) is 11.1 Å². The van der Waals surface area contributed by atoms with E-state index in [9.17, 15) is 0 Å². The smallest absolute Gasteiger partial charge is 0.174 e. The van der Waals surface area contributed by atoms with E-state index >= 15 is 0 Å². The number of hydrogen-bond acceptors (Lipinski definition) is 1. The second-order valence-electron chi connectivity index (χ2n) is 2.72. The molecule has 0 bridgehead atoms. The van der Waals surface area contributed by atoms with Gasteiger partial charge in [-0.2, -0.15) is 0 Å². The number of pyridine rings is 1. The summed E-state index contributed by atoms with van der Waals surface area (Å²) in [6.07, 6.45) is 0. The SMILES string of the molecule is C[B]c1ccc2ccccc2n1. The van der Waals surface area contributed by atoms with Gasteiger partial charge in [-0.15, -0.1) is 0 Å². The molecule has 2 aromatic rings. The van der Waals surface area contributed by atoms with Crippen molar-refractivity contribution < 1.29 is 0 Å². The number of fused-ring (bicyclic) bond motifs is 1. The van der Waals surface area contributed by atoms with Gasteiger partial charge in [0.25, 0.3) is 0 Å². The standard InChI is InChI=1S/C10H9BN/c1-11-10-7-6-8-4-2-3-5-9(8)12-10/h2-7H,1H3. The first kappa shape index (κ1) is 7.35. The molecule has 0 unspecified atom stereocenters. The van der Waals surface area contributed by atoms with Crippen molar-refractivity contribution in [1.29, 1.82) is 0 Å². The Labute approximate surface area is 72.7 Å². The molecule has 12 heavy (non-hydrogen) atoms. The first-order valence-electron chi connectivity index (χ1n) is 4.05. The van der Waals surface area contributed by atoms with Gasteiger partial charge in [0.2, 0.25) is 0 Å². The number of nitrogens with zero attached hydrogens (tertiary/aromatic N) is 1. The van der Waals surface area contributed by atoms with Crippen LogP contribution in [0, 0.1) is 0 Å². The summed E-state index contributed by atoms with van der Waals surface area (Å²) in [5.74, 6) is 0. The van der Waals surface area contributed by atoms with Gasteiger partial charge < -0.3 is 0 Å². The third-order valence-electron chi connectivity index (χ3n) is 1.92. The molecule has 0 N–H and O–H groups in total. The Kier molecular flexibility index (Phi) is 1.82. The van der Waals surface area contributed by atoms with Gasteiger partial charge in [-0.3, -0.25) is 4.98 Å². The van der Waals surface area contributed by atoms with Crippen LogP contribution in [0.3, 0.4) is 0 Å². The molecule has 0 saturated heterocycles. The predicted octanol–water partition coefficient (Wildman–Crippen LogP) is 1.61. The zero-order valence-corrected chi connectivity index (χ0v) is 6.99. The summed E-state index contributed by atoms with van der Waals surface area (Å²) in [5, 5.41) is 1.20. The molecule has 2 rings (SSSR count). The van der Waals surface area contributed by atoms with Crippen molar-refractivity contribution in [2.24, 2.45) is 0 Å². The minimum atomic E-state index is 1.04. The molecular formula is C10H9BN. The maximum absolute atomic E-state index is 4.44. The van der Waals surface area contributed by atoms with Crippen LogP contribution < -0.4 is 5.59 Å². The van der Waals surface area contributed by atoms with Crippen molar-refractivity contribution in [2.45, 2.75) is 6.82 Å². The van der Waals surface area contributed by atoms with Crippen LogP contribution in [0.15, 0.2) is 36.4 Å². The second kappa shape index (κ2) is 2.98. The lowest BCUT2D eigenvalue weighted by Gasteiger charge is -1.98. The van der Waals surface area contributed by atoms with E-state index < -0.39 is 0 Å². The molecule has 0 fully saturated rings. The molecule has 0 aliphatic heterocycles. The summed E-state index contributed by atoms with van der Waals surface area (Å²) in [4.78, 5) is 4.44. The molecule has 1 aromatic carbocycles. The average Bonchev–Trinajstić information content (AvgIpc) is 2.17. The van der Waals surface area contributed by atoms with Gasteiger partial charge >= 0.3 is 0 Å². The molecule has 0 atom stereocenters. The monoisotopic (exact) mass is 154 g/mol. The first-order valence-corrected chi connectivity index (χ1v) is 4.05. The van der Waals surface area contributed by atoms with Crippen LogP contribution in [-0.2, 0) is 0 Å². The molecule has 0 aliphatic rings. The molecule has 0 amide bonds. The molecule has 0 saturated carbocycles. The summed E-state index contributed by atoms with van der Waals surface area (Å²) in [6, 6.07) is 12.3. The van der Waals surface area contributed by atoms with Crippen LogP contribution >= 0.6 is 0 Å². The Hall–Kier alpha value is -1.31. The molecule has 1 heterocycles. The third-order valence-corrected chi connectivity index (χ3v) is 1.92. The Morgan fingerprint density at radius 2 is 1.92 bits per heavy atom. The van der Waals surface area contributed by atoms with Gasteiger partial charge in [0.05, 0.1) is 5.52 Å². The highest BCUT2D eigenvalue weighted by atomic mass is 14.7. The van der Waals surface area contributed by atoms with Crippen molar-refractivity contribution in [3.63, 3.8) is 0 Å². The second-order valence-corrected chi connectivity index (χ2v) is 2.72. The molecule has 2 heteroatoms. The zero-order valence-electron chi connectivity index (χ0n) is 6.99. The highest BCUT2D eigenvalue weighted by molar-refractivity contribution is 6.50. The largest absolute Gasteiger partial charge is 0.264 e. The fourth-order valence-corrected chi connectivity index (χ4v) is 1.24. The number of rotatable bonds is 1. The van der Waals surface area contributed by atoms with Crippen LogP contribution in [0.4, 0.5) is 0 Å². The Morgan fingerprint density at radius 3 is 2.75 bits per heavy atom. The topological polar surface area (TPSA) is 12.9 Å². The minimum absolute atomic E-state index is 1.04. The van der Waals surface area contributed by atoms with E-state index in [1.54, 1.807) is 0 Å². The lowest BCUT2D eigenvalue weighted by Crippen LogP contribution is -2.14. The minimum Gasteiger partial charge on any atom is -0.264 e. The number of hydrogen-bond donors (Lipinski definition) is 0. The van der Waals surface area contributed by atoms with Crippen molar-refractivity contribution in [3.8, 4) is 0 Å². The Morgan fingerprint density at radius 1 is 1.08 bits per heavy atom. The van der Waals surface area contributed by atoms with E-state index in [-0.39, 0.29) is 0 Å². The molecule has 0 aliphatic carbocycles. The van der Waals surface area contributed by atoms with Gasteiger partial charge in [0, 0.05) is 5.39 Å². The maximum atomic E-state index is 4.44. The summed E-state index contributed by atoms with van der Waals surface area (Å²) in [5.41, 5.74) is 2.10. The van der Waals surface area contributed by atoms with Gasteiger partial charge in [0.1, 0.15) is 0 Å². The lowest BCUT2D eigenvalue weighted by molar-refractivity contribution is 1.47. The van der Waals surface area contributed by atoms with Crippen molar-refractivity contribution in [2.75, 3.05) is 0 Å². The third kappa shape index (κ3) is 1.20. The quantitative estimate of drug-likeness (QED) is 0.568. The Bertz CT molecular complexity index is 398. The highest BCUT2D eigenvalue weighted by Crippen LogP contribution is 2.07. The first-order chi connectivity index (χ1) is 5.90. The van der Waals surface area contributed by atoms with E-state index in [1.165, 1.54) is 5.39 Å². The number of aromatic nitrogens is 1. The van der Waals surface area contributed by atoms with Crippen molar-refractivity contribution in [3.05, 3.63) is 36.4 Å². The van der Waals surface area contributed by atoms with Crippen LogP contribution in [-0.4, -0.2) is 12.3 Å². The normalized spacial score (nSPS) is 10.1.